The molecule has 3 amide bonds. The van der Waals surface area contributed by atoms with Gasteiger partial charge in [0.15, 0.2) is 0 Å². The van der Waals surface area contributed by atoms with Gasteiger partial charge in [-0.1, -0.05) is 18.2 Å². The molecule has 6 heteroatoms. The summed E-state index contributed by atoms with van der Waals surface area (Å²) in [6.07, 6.45) is 2.81. The molecule has 0 atom stereocenters. The van der Waals surface area contributed by atoms with Crippen LogP contribution in [0.2, 0.25) is 0 Å². The highest BCUT2D eigenvalue weighted by Gasteiger charge is 2.10. The molecule has 1 aromatic carbocycles. The number of nitrogens with one attached hydrogen (secondary N) is 1. The van der Waals surface area contributed by atoms with E-state index in [9.17, 15) is 9.59 Å². The first-order chi connectivity index (χ1) is 12.0. The zero-order valence-corrected chi connectivity index (χ0v) is 14.9. The average Bonchev–Trinajstić information content (AvgIpc) is 2.62. The van der Waals surface area contributed by atoms with Crippen LogP contribution in [0, 0.1) is 0 Å². The summed E-state index contributed by atoms with van der Waals surface area (Å²) >= 11 is 0. The van der Waals surface area contributed by atoms with Gasteiger partial charge in [0.05, 0.1) is 6.42 Å². The molecule has 0 unspecified atom stereocenters. The molecule has 0 fully saturated rings. The summed E-state index contributed by atoms with van der Waals surface area (Å²) in [4.78, 5) is 31.4. The minimum absolute atomic E-state index is 0.0473. The Morgan fingerprint density at radius 1 is 1.04 bits per heavy atom. The van der Waals surface area contributed by atoms with E-state index in [1.165, 1.54) is 0 Å². The molecule has 132 valence electrons. The minimum atomic E-state index is -0.173. The first kappa shape index (κ1) is 18.4. The lowest BCUT2D eigenvalue weighted by Gasteiger charge is -2.18. The van der Waals surface area contributed by atoms with E-state index in [-0.39, 0.29) is 11.9 Å². The van der Waals surface area contributed by atoms with Crippen LogP contribution in [0.15, 0.2) is 48.7 Å². The maximum Gasteiger partial charge on any atom is 0.321 e. The number of hydrogen-bond acceptors (Lipinski definition) is 3. The minimum Gasteiger partial charge on any atom is -0.349 e. The first-order valence-electron chi connectivity index (χ1n) is 8.17. The third-order valence-corrected chi connectivity index (χ3v) is 3.84. The van der Waals surface area contributed by atoms with Gasteiger partial charge >= 0.3 is 6.03 Å². The third kappa shape index (κ3) is 5.91. The van der Waals surface area contributed by atoms with Crippen LogP contribution >= 0.6 is 0 Å². The van der Waals surface area contributed by atoms with Gasteiger partial charge in [-0.15, -0.1) is 0 Å². The van der Waals surface area contributed by atoms with E-state index in [2.05, 4.69) is 10.3 Å². The Labute approximate surface area is 148 Å². The molecule has 0 saturated heterocycles. The van der Waals surface area contributed by atoms with Crippen molar-refractivity contribution in [1.29, 1.82) is 0 Å². The van der Waals surface area contributed by atoms with Crippen molar-refractivity contribution in [2.75, 3.05) is 33.0 Å². The largest absolute Gasteiger partial charge is 0.349 e. The Morgan fingerprint density at radius 3 is 2.36 bits per heavy atom. The Bertz CT molecular complexity index is 699. The summed E-state index contributed by atoms with van der Waals surface area (Å²) < 4.78 is 0. The van der Waals surface area contributed by atoms with Gasteiger partial charge in [0.2, 0.25) is 5.91 Å². The van der Waals surface area contributed by atoms with Crippen molar-refractivity contribution < 1.29 is 9.59 Å². The monoisotopic (exact) mass is 340 g/mol. The quantitative estimate of drug-likeness (QED) is 0.878. The Hall–Kier alpha value is -2.89. The summed E-state index contributed by atoms with van der Waals surface area (Å²) in [6.45, 7) is 0.582. The topological polar surface area (TPSA) is 65.5 Å². The van der Waals surface area contributed by atoms with Gasteiger partial charge in [-0.05, 0) is 29.8 Å². The normalized spacial score (nSPS) is 10.2. The molecule has 6 nitrogen and oxygen atoms in total. The van der Waals surface area contributed by atoms with Crippen LogP contribution in [-0.2, 0) is 17.6 Å². The van der Waals surface area contributed by atoms with Crippen LogP contribution in [-0.4, -0.2) is 54.4 Å². The van der Waals surface area contributed by atoms with E-state index in [1.807, 2.05) is 42.5 Å². The number of nitrogens with zero attached hydrogens (tertiary/aromatic N) is 3. The number of aromatic nitrogens is 1. The summed E-state index contributed by atoms with van der Waals surface area (Å²) in [6, 6.07) is 12.9. The fourth-order valence-corrected chi connectivity index (χ4v) is 2.19. The predicted octanol–water partition coefficient (Wildman–Crippen LogP) is 2.42. The van der Waals surface area contributed by atoms with E-state index in [4.69, 9.17) is 0 Å². The Morgan fingerprint density at radius 2 is 1.76 bits per heavy atom. The lowest BCUT2D eigenvalue weighted by Crippen LogP contribution is -2.33. The van der Waals surface area contributed by atoms with Crippen molar-refractivity contribution in [3.8, 4) is 0 Å². The van der Waals surface area contributed by atoms with E-state index in [0.717, 1.165) is 11.3 Å². The highest BCUT2D eigenvalue weighted by molar-refractivity contribution is 5.89. The molecule has 2 rings (SSSR count). The highest BCUT2D eigenvalue weighted by atomic mass is 16.2. The molecule has 1 heterocycles. The summed E-state index contributed by atoms with van der Waals surface area (Å²) in [5.74, 6) is 0.0473. The molecule has 0 aliphatic heterocycles. The number of urea groups is 1. The van der Waals surface area contributed by atoms with E-state index >= 15 is 0 Å². The predicted molar refractivity (Wildman–Crippen MR) is 98.4 cm³/mol. The van der Waals surface area contributed by atoms with E-state index in [0.29, 0.717) is 25.1 Å². The van der Waals surface area contributed by atoms with Crippen molar-refractivity contribution >= 4 is 17.6 Å². The number of likely N-dealkylation sites (N-methyl/N-ethyl adjacent to an activating group) is 2. The molecule has 0 radical (unpaired) electrons. The van der Waals surface area contributed by atoms with Crippen LogP contribution in [0.1, 0.15) is 11.3 Å². The first-order valence-corrected chi connectivity index (χ1v) is 8.17. The molecular weight excluding hydrogens is 316 g/mol. The molecule has 2 aromatic rings. The number of pyridine rings is 1. The summed E-state index contributed by atoms with van der Waals surface area (Å²) in [5.41, 5.74) is 2.58. The second-order valence-corrected chi connectivity index (χ2v) is 6.08. The maximum atomic E-state index is 12.2. The SMILES string of the molecule is CN(C)C(=O)Cc1ccc(NC(=O)N(C)CCc2ccccn2)cc1. The summed E-state index contributed by atoms with van der Waals surface area (Å²) in [7, 11) is 5.22. The van der Waals surface area contributed by atoms with Crippen molar-refractivity contribution in [2.45, 2.75) is 12.8 Å². The molecule has 1 N–H and O–H groups in total. The molecule has 0 spiro atoms. The standard InChI is InChI=1S/C19H24N4O2/c1-22(2)18(24)14-15-7-9-17(10-8-15)21-19(25)23(3)13-11-16-6-4-5-12-20-16/h4-10,12H,11,13-14H2,1-3H3,(H,21,25). The lowest BCUT2D eigenvalue weighted by atomic mass is 10.1. The zero-order valence-electron chi connectivity index (χ0n) is 14.9. The van der Waals surface area contributed by atoms with Crippen LogP contribution in [0.25, 0.3) is 0 Å². The molecule has 0 aliphatic carbocycles. The van der Waals surface area contributed by atoms with E-state index < -0.39 is 0 Å². The highest BCUT2D eigenvalue weighted by Crippen LogP contribution is 2.11. The van der Waals surface area contributed by atoms with Gasteiger partial charge < -0.3 is 15.1 Å². The van der Waals surface area contributed by atoms with Crippen molar-refractivity contribution in [1.82, 2.24) is 14.8 Å². The van der Waals surface area contributed by atoms with Crippen molar-refractivity contribution in [2.24, 2.45) is 0 Å². The van der Waals surface area contributed by atoms with Gasteiger partial charge in [-0.25, -0.2) is 4.79 Å². The van der Waals surface area contributed by atoms with Crippen molar-refractivity contribution in [3.05, 3.63) is 59.9 Å². The number of rotatable bonds is 6. The fraction of sp³-hybridized carbons (Fsp3) is 0.316. The molecule has 0 bridgehead atoms. The second-order valence-electron chi connectivity index (χ2n) is 6.08. The smallest absolute Gasteiger partial charge is 0.321 e. The van der Waals surface area contributed by atoms with Gasteiger partial charge in [0.25, 0.3) is 0 Å². The number of amides is 3. The number of carbonyl (C=O) groups excluding carboxylic acids is 2. The number of hydrogen-bond donors (Lipinski definition) is 1. The summed E-state index contributed by atoms with van der Waals surface area (Å²) in [5, 5.41) is 2.85. The number of anilines is 1. The van der Waals surface area contributed by atoms with Crippen LogP contribution < -0.4 is 5.32 Å². The van der Waals surface area contributed by atoms with Gasteiger partial charge in [0.1, 0.15) is 0 Å². The molecule has 1 aromatic heterocycles. The van der Waals surface area contributed by atoms with Gasteiger partial charge in [0, 0.05) is 51.7 Å². The second kappa shape index (κ2) is 8.82. The van der Waals surface area contributed by atoms with Crippen molar-refractivity contribution in [3.63, 3.8) is 0 Å². The average molecular weight is 340 g/mol. The maximum absolute atomic E-state index is 12.2. The van der Waals surface area contributed by atoms with Crippen LogP contribution in [0.4, 0.5) is 10.5 Å². The molecular formula is C19H24N4O2. The molecule has 0 aliphatic rings. The van der Waals surface area contributed by atoms with Gasteiger partial charge in [-0.2, -0.15) is 0 Å². The fourth-order valence-electron chi connectivity index (χ4n) is 2.19. The lowest BCUT2D eigenvalue weighted by molar-refractivity contribution is -0.127. The van der Waals surface area contributed by atoms with Gasteiger partial charge in [-0.3, -0.25) is 9.78 Å². The Balaban J connectivity index is 1.84. The van der Waals surface area contributed by atoms with Crippen LogP contribution in [0.3, 0.4) is 0 Å². The molecule has 25 heavy (non-hydrogen) atoms. The Kier molecular flexibility index (Phi) is 6.51. The third-order valence-electron chi connectivity index (χ3n) is 3.84. The van der Waals surface area contributed by atoms with E-state index in [1.54, 1.807) is 37.1 Å². The molecule has 0 saturated carbocycles. The zero-order chi connectivity index (χ0) is 18.2. The number of benzene rings is 1. The number of carbonyl (C=O) groups is 2. The van der Waals surface area contributed by atoms with Crippen LogP contribution in [0.5, 0.6) is 0 Å².